The molecule has 0 spiro atoms. The molecule has 1 saturated heterocycles. The quantitative estimate of drug-likeness (QED) is 0.0332. The molecule has 0 saturated carbocycles. The van der Waals surface area contributed by atoms with E-state index in [-0.39, 0.29) is 38.5 Å². The summed E-state index contributed by atoms with van der Waals surface area (Å²) in [5.74, 6) is -0.736. The number of hydrogen-bond acceptors (Lipinski definition) is 10. The summed E-state index contributed by atoms with van der Waals surface area (Å²) in [5, 5.41) is 0. The van der Waals surface area contributed by atoms with Crippen LogP contribution in [0, 0.1) is 0 Å². The minimum absolute atomic E-state index is 0.0303. The van der Waals surface area contributed by atoms with E-state index in [0.717, 1.165) is 57.8 Å². The lowest BCUT2D eigenvalue weighted by molar-refractivity contribution is -0.161. The van der Waals surface area contributed by atoms with E-state index in [4.69, 9.17) is 32.5 Å². The van der Waals surface area contributed by atoms with Crippen LogP contribution in [0.25, 0.3) is 0 Å². The van der Waals surface area contributed by atoms with Crippen molar-refractivity contribution in [3.05, 3.63) is 0 Å². The second-order valence-corrected chi connectivity index (χ2v) is 19.9. The van der Waals surface area contributed by atoms with Crippen molar-refractivity contribution in [1.29, 1.82) is 0 Å². The number of carbonyl (C=O) groups is 2. The molecule has 0 N–H and O–H groups in total. The molecule has 1 fully saturated rings. The lowest BCUT2D eigenvalue weighted by Crippen LogP contribution is -2.30. The van der Waals surface area contributed by atoms with Gasteiger partial charge in [-0.2, -0.15) is 0 Å². The molecule has 0 bridgehead atoms. The molecule has 0 radical (unpaired) electrons. The van der Waals surface area contributed by atoms with Crippen molar-refractivity contribution in [2.45, 2.75) is 283 Å². The number of hydrogen-bond donors (Lipinski definition) is 0. The molecule has 1 rings (SSSR count). The smallest absolute Gasteiger partial charge is 0.462 e. The number of ether oxygens (including phenoxy) is 4. The molecule has 1 heterocycles. The van der Waals surface area contributed by atoms with Gasteiger partial charge in [0, 0.05) is 20.0 Å². The van der Waals surface area contributed by atoms with Crippen molar-refractivity contribution in [3.63, 3.8) is 0 Å². The molecule has 3 unspecified atom stereocenters. The Labute approximate surface area is 382 Å². The molecule has 0 aromatic carbocycles. The lowest BCUT2D eigenvalue weighted by Gasteiger charge is -2.22. The Morgan fingerprint density at radius 2 is 0.903 bits per heavy atom. The molecule has 0 aliphatic carbocycles. The van der Waals surface area contributed by atoms with Crippen LogP contribution >= 0.6 is 7.82 Å². The molecular weight excluding hydrogens is 804 g/mol. The van der Waals surface area contributed by atoms with E-state index in [0.29, 0.717) is 13.0 Å². The number of rotatable bonds is 48. The predicted molar refractivity (Wildman–Crippen MR) is 254 cm³/mol. The van der Waals surface area contributed by atoms with Gasteiger partial charge < -0.3 is 18.9 Å². The largest absolute Gasteiger partial charge is 0.474 e. The van der Waals surface area contributed by atoms with Crippen LogP contribution in [0.15, 0.2) is 0 Å². The minimum Gasteiger partial charge on any atom is -0.462 e. The van der Waals surface area contributed by atoms with Gasteiger partial charge in [0.1, 0.15) is 12.7 Å². The van der Waals surface area contributed by atoms with Gasteiger partial charge in [-0.3, -0.25) is 23.2 Å². The molecule has 1 aliphatic rings. The molecule has 4 atom stereocenters. The molecule has 0 aromatic rings. The maximum absolute atomic E-state index is 13.5. The zero-order chi connectivity index (χ0) is 45.0. The standard InChI is InChI=1S/C51H99O10P/c1-5-8-11-14-17-20-23-24-27-30-33-36-39-42-51-57-44-48(61-51)46-59-62(54,55-4)58-45-47(60-50(53)41-38-35-32-29-26-22-19-16-13-10-7-3)43-56-49(52)40-37-34-31-28-25-21-18-15-12-9-6-2/h47-48,51H,5-46H2,1-4H3/t47-,48?,51?,62?/m1/s1. The van der Waals surface area contributed by atoms with Crippen LogP contribution < -0.4 is 0 Å². The Hall–Kier alpha value is -1.03. The van der Waals surface area contributed by atoms with Crippen LogP contribution in [0.1, 0.15) is 265 Å². The fourth-order valence-electron chi connectivity index (χ4n) is 8.05. The molecule has 62 heavy (non-hydrogen) atoms. The van der Waals surface area contributed by atoms with Crippen LogP contribution in [0.4, 0.5) is 0 Å². The monoisotopic (exact) mass is 903 g/mol. The van der Waals surface area contributed by atoms with Crippen molar-refractivity contribution in [2.75, 3.05) is 33.5 Å². The van der Waals surface area contributed by atoms with Crippen molar-refractivity contribution >= 4 is 19.8 Å². The summed E-state index contributed by atoms with van der Waals surface area (Å²) in [4.78, 5) is 25.6. The van der Waals surface area contributed by atoms with Gasteiger partial charge >= 0.3 is 19.8 Å². The fraction of sp³-hybridized carbons (Fsp3) is 0.961. The Balaban J connectivity index is 2.42. The molecule has 368 valence electrons. The number of unbranched alkanes of at least 4 members (excludes halogenated alkanes) is 32. The molecule has 0 aromatic heterocycles. The highest BCUT2D eigenvalue weighted by Gasteiger charge is 2.33. The average Bonchev–Trinajstić information content (AvgIpc) is 3.74. The van der Waals surface area contributed by atoms with Crippen LogP contribution in [0.5, 0.6) is 0 Å². The second-order valence-electron chi connectivity index (χ2n) is 18.1. The van der Waals surface area contributed by atoms with Gasteiger partial charge in [0.25, 0.3) is 0 Å². The van der Waals surface area contributed by atoms with E-state index in [1.54, 1.807) is 0 Å². The Kier molecular flexibility index (Phi) is 41.7. The minimum atomic E-state index is -4.02. The first-order chi connectivity index (χ1) is 30.4. The second kappa shape index (κ2) is 43.8. The summed E-state index contributed by atoms with van der Waals surface area (Å²) < 4.78 is 53.1. The lowest BCUT2D eigenvalue weighted by atomic mass is 10.0. The first-order valence-electron chi connectivity index (χ1n) is 26.4. The number of phosphoric acid groups is 1. The van der Waals surface area contributed by atoms with Crippen LogP contribution in [-0.2, 0) is 46.7 Å². The maximum atomic E-state index is 13.5. The summed E-state index contributed by atoms with van der Waals surface area (Å²) in [7, 11) is -2.77. The van der Waals surface area contributed by atoms with Gasteiger partial charge in [-0.15, -0.1) is 0 Å². The van der Waals surface area contributed by atoms with Crippen molar-refractivity contribution in [2.24, 2.45) is 0 Å². The number of esters is 2. The summed E-state index contributed by atoms with van der Waals surface area (Å²) >= 11 is 0. The third-order valence-corrected chi connectivity index (χ3v) is 13.5. The van der Waals surface area contributed by atoms with Crippen LogP contribution in [0.3, 0.4) is 0 Å². The maximum Gasteiger partial charge on any atom is 0.474 e. The van der Waals surface area contributed by atoms with Gasteiger partial charge in [0.05, 0.1) is 19.8 Å². The summed E-state index contributed by atoms with van der Waals surface area (Å²) in [6.45, 7) is 6.57. The summed E-state index contributed by atoms with van der Waals surface area (Å²) in [6.07, 6.45) is 43.0. The average molecular weight is 903 g/mol. The van der Waals surface area contributed by atoms with E-state index in [1.165, 1.54) is 180 Å². The van der Waals surface area contributed by atoms with Crippen molar-refractivity contribution < 1.29 is 46.7 Å². The fourth-order valence-corrected chi connectivity index (χ4v) is 9.04. The molecule has 1 aliphatic heterocycles. The van der Waals surface area contributed by atoms with E-state index in [9.17, 15) is 14.2 Å². The first kappa shape index (κ1) is 59.0. The molecule has 11 heteroatoms. The first-order valence-corrected chi connectivity index (χ1v) is 27.9. The molecule has 0 amide bonds. The van der Waals surface area contributed by atoms with Crippen LogP contribution in [0.2, 0.25) is 0 Å². The Morgan fingerprint density at radius 3 is 1.32 bits per heavy atom. The van der Waals surface area contributed by atoms with Gasteiger partial charge in [0.2, 0.25) is 0 Å². The third kappa shape index (κ3) is 37.2. The normalized spacial score (nSPS) is 16.7. The SMILES string of the molecule is CCCCCCCCCCCCCCCC1OCC(COP(=O)(OC)OC[C@@H](COC(=O)CCCCCCCCCCCCC)OC(=O)CCCCCCCCCCCCC)O1. The summed E-state index contributed by atoms with van der Waals surface area (Å²) in [6, 6.07) is 0. The van der Waals surface area contributed by atoms with Crippen LogP contribution in [-0.4, -0.2) is 64.0 Å². The Morgan fingerprint density at radius 1 is 0.516 bits per heavy atom. The highest BCUT2D eigenvalue weighted by Crippen LogP contribution is 2.49. The highest BCUT2D eigenvalue weighted by molar-refractivity contribution is 7.48. The highest BCUT2D eigenvalue weighted by atomic mass is 31.2. The number of phosphoric ester groups is 1. The van der Waals surface area contributed by atoms with Gasteiger partial charge in [-0.05, 0) is 25.7 Å². The van der Waals surface area contributed by atoms with E-state index in [1.807, 2.05) is 0 Å². The molecular formula is C51H99O10P. The van der Waals surface area contributed by atoms with Crippen molar-refractivity contribution in [3.8, 4) is 0 Å². The van der Waals surface area contributed by atoms with E-state index in [2.05, 4.69) is 20.8 Å². The van der Waals surface area contributed by atoms with Gasteiger partial charge in [-0.25, -0.2) is 4.57 Å². The topological polar surface area (TPSA) is 116 Å². The Bertz CT molecular complexity index is 1040. The number of carbonyl (C=O) groups excluding carboxylic acids is 2. The predicted octanol–water partition coefficient (Wildman–Crippen LogP) is 15.9. The third-order valence-electron chi connectivity index (χ3n) is 12.1. The zero-order valence-electron chi connectivity index (χ0n) is 41.0. The van der Waals surface area contributed by atoms with Gasteiger partial charge in [-0.1, -0.05) is 226 Å². The van der Waals surface area contributed by atoms with E-state index < -0.39 is 26.0 Å². The summed E-state index contributed by atoms with van der Waals surface area (Å²) in [5.41, 5.74) is 0. The van der Waals surface area contributed by atoms with Crippen molar-refractivity contribution in [1.82, 2.24) is 0 Å². The molecule has 10 nitrogen and oxygen atoms in total. The zero-order valence-corrected chi connectivity index (χ0v) is 41.9. The van der Waals surface area contributed by atoms with E-state index >= 15 is 0 Å². The van der Waals surface area contributed by atoms with Gasteiger partial charge in [0.15, 0.2) is 12.4 Å².